The van der Waals surface area contributed by atoms with Crippen molar-refractivity contribution < 1.29 is 13.9 Å². The second-order valence-corrected chi connectivity index (χ2v) is 6.16. The van der Waals surface area contributed by atoms with Crippen LogP contribution in [0.5, 0.6) is 5.75 Å². The third-order valence-corrected chi connectivity index (χ3v) is 4.17. The number of nitrogens with one attached hydrogen (secondary N) is 1. The van der Waals surface area contributed by atoms with Gasteiger partial charge in [0.2, 0.25) is 0 Å². The van der Waals surface area contributed by atoms with Crippen LogP contribution in [-0.4, -0.2) is 22.8 Å². The number of rotatable bonds is 4. The van der Waals surface area contributed by atoms with Gasteiger partial charge in [-0.05, 0) is 61.4 Å². The van der Waals surface area contributed by atoms with Crippen LogP contribution in [0.15, 0.2) is 42.5 Å². The Morgan fingerprint density at radius 1 is 1.15 bits per heavy atom. The van der Waals surface area contributed by atoms with Gasteiger partial charge >= 0.3 is 0 Å². The molecule has 26 heavy (non-hydrogen) atoms. The van der Waals surface area contributed by atoms with Gasteiger partial charge in [-0.15, -0.1) is 0 Å². The molecule has 0 fully saturated rings. The average molecular weight is 353 g/mol. The number of aryl methyl sites for hydroxylation is 3. The molecule has 0 bridgehead atoms. The Labute approximate surface area is 151 Å². The molecule has 5 nitrogen and oxygen atoms in total. The van der Waals surface area contributed by atoms with Crippen LogP contribution in [0, 0.1) is 19.7 Å². The fourth-order valence-electron chi connectivity index (χ4n) is 2.76. The molecule has 0 atom stereocenters. The van der Waals surface area contributed by atoms with Crippen molar-refractivity contribution in [2.45, 2.75) is 13.8 Å². The number of nitrogens with zero attached hydrogens (tertiary/aromatic N) is 2. The molecule has 0 saturated heterocycles. The number of anilines is 1. The lowest BCUT2D eigenvalue weighted by molar-refractivity contribution is 0.102. The molecule has 1 N–H and O–H groups in total. The van der Waals surface area contributed by atoms with Crippen molar-refractivity contribution in [3.05, 3.63) is 65.1 Å². The molecule has 0 aliphatic carbocycles. The monoisotopic (exact) mass is 353 g/mol. The lowest BCUT2D eigenvalue weighted by Gasteiger charge is -2.09. The molecule has 2 aromatic carbocycles. The van der Waals surface area contributed by atoms with Crippen LogP contribution in [0.25, 0.3) is 11.3 Å². The van der Waals surface area contributed by atoms with Crippen LogP contribution in [0.2, 0.25) is 0 Å². The van der Waals surface area contributed by atoms with E-state index in [4.69, 9.17) is 4.74 Å². The number of halogens is 1. The minimum atomic E-state index is -0.338. The second-order valence-electron chi connectivity index (χ2n) is 6.16. The SMILES string of the molecule is COc1ccc(C)cc1NC(=O)c1cc(-c2ccc(F)c(C)c2)n(C)n1. The summed E-state index contributed by atoms with van der Waals surface area (Å²) in [5, 5.41) is 7.11. The van der Waals surface area contributed by atoms with E-state index in [0.717, 1.165) is 16.8 Å². The van der Waals surface area contributed by atoms with Crippen molar-refractivity contribution >= 4 is 11.6 Å². The van der Waals surface area contributed by atoms with Crippen LogP contribution in [0.1, 0.15) is 21.6 Å². The summed E-state index contributed by atoms with van der Waals surface area (Å²) in [5.41, 5.74) is 3.93. The van der Waals surface area contributed by atoms with Crippen LogP contribution in [0.4, 0.5) is 10.1 Å². The summed E-state index contributed by atoms with van der Waals surface area (Å²) in [6.45, 7) is 3.64. The number of amides is 1. The lowest BCUT2D eigenvalue weighted by atomic mass is 10.1. The number of hydrogen-bond acceptors (Lipinski definition) is 3. The first kappa shape index (κ1) is 17.7. The lowest BCUT2D eigenvalue weighted by Crippen LogP contribution is -2.13. The Morgan fingerprint density at radius 3 is 2.62 bits per heavy atom. The standard InChI is InChI=1S/C20H20FN3O2/c1-12-5-8-19(26-4)16(9-12)22-20(25)17-11-18(24(3)23-17)14-6-7-15(21)13(2)10-14/h5-11H,1-4H3,(H,22,25). The molecule has 0 saturated carbocycles. The number of aromatic nitrogens is 2. The number of ether oxygens (including phenoxy) is 1. The van der Waals surface area contributed by atoms with Gasteiger partial charge in [0, 0.05) is 12.6 Å². The normalized spacial score (nSPS) is 10.7. The van der Waals surface area contributed by atoms with Crippen LogP contribution < -0.4 is 10.1 Å². The second kappa shape index (κ2) is 7.00. The molecular weight excluding hydrogens is 333 g/mol. The van der Waals surface area contributed by atoms with E-state index >= 15 is 0 Å². The van der Waals surface area contributed by atoms with E-state index < -0.39 is 0 Å². The molecular formula is C20H20FN3O2. The number of hydrogen-bond donors (Lipinski definition) is 1. The molecule has 3 aromatic rings. The predicted octanol–water partition coefficient (Wildman–Crippen LogP) is 4.10. The zero-order valence-corrected chi connectivity index (χ0v) is 15.1. The maximum absolute atomic E-state index is 13.5. The molecule has 0 aliphatic rings. The van der Waals surface area contributed by atoms with Gasteiger partial charge in [-0.3, -0.25) is 9.48 Å². The third kappa shape index (κ3) is 3.44. The van der Waals surface area contributed by atoms with E-state index in [-0.39, 0.29) is 17.4 Å². The molecule has 6 heteroatoms. The van der Waals surface area contributed by atoms with Crippen molar-refractivity contribution in [1.29, 1.82) is 0 Å². The molecule has 0 radical (unpaired) electrons. The van der Waals surface area contributed by atoms with Gasteiger partial charge < -0.3 is 10.1 Å². The first-order valence-corrected chi connectivity index (χ1v) is 8.15. The molecule has 3 rings (SSSR count). The zero-order valence-electron chi connectivity index (χ0n) is 15.1. The number of benzene rings is 2. The summed E-state index contributed by atoms with van der Waals surface area (Å²) in [5.74, 6) is -0.0238. The summed E-state index contributed by atoms with van der Waals surface area (Å²) in [4.78, 5) is 12.6. The van der Waals surface area contributed by atoms with Gasteiger partial charge in [-0.25, -0.2) is 4.39 Å². The Bertz CT molecular complexity index is 979. The molecule has 1 aromatic heterocycles. The highest BCUT2D eigenvalue weighted by Crippen LogP contribution is 2.27. The number of carbonyl (C=O) groups is 1. The van der Waals surface area contributed by atoms with E-state index in [1.807, 2.05) is 19.1 Å². The van der Waals surface area contributed by atoms with Crippen molar-refractivity contribution in [2.75, 3.05) is 12.4 Å². The summed E-state index contributed by atoms with van der Waals surface area (Å²) in [6, 6.07) is 12.0. The summed E-state index contributed by atoms with van der Waals surface area (Å²) < 4.78 is 20.4. The van der Waals surface area contributed by atoms with Gasteiger partial charge in [0.05, 0.1) is 18.5 Å². The Kier molecular flexibility index (Phi) is 4.75. The largest absolute Gasteiger partial charge is 0.495 e. The number of methoxy groups -OCH3 is 1. The molecule has 0 unspecified atom stereocenters. The predicted molar refractivity (Wildman–Crippen MR) is 99.0 cm³/mol. The van der Waals surface area contributed by atoms with Gasteiger partial charge in [-0.1, -0.05) is 6.07 Å². The molecule has 0 aliphatic heterocycles. The van der Waals surface area contributed by atoms with E-state index in [9.17, 15) is 9.18 Å². The van der Waals surface area contributed by atoms with Crippen LogP contribution in [0.3, 0.4) is 0 Å². The highest BCUT2D eigenvalue weighted by atomic mass is 19.1. The fraction of sp³-hybridized carbons (Fsp3) is 0.200. The van der Waals surface area contributed by atoms with Crippen LogP contribution >= 0.6 is 0 Å². The van der Waals surface area contributed by atoms with E-state index in [2.05, 4.69) is 10.4 Å². The van der Waals surface area contributed by atoms with Gasteiger partial charge in [0.25, 0.3) is 5.91 Å². The minimum absolute atomic E-state index is 0.263. The maximum Gasteiger partial charge on any atom is 0.276 e. The van der Waals surface area contributed by atoms with Crippen molar-refractivity contribution in [2.24, 2.45) is 7.05 Å². The summed E-state index contributed by atoms with van der Waals surface area (Å²) in [7, 11) is 3.30. The Hall–Kier alpha value is -3.15. The average Bonchev–Trinajstić information content (AvgIpc) is 2.99. The molecule has 0 spiro atoms. The first-order chi connectivity index (χ1) is 12.4. The van der Waals surface area contributed by atoms with Gasteiger partial charge in [0.1, 0.15) is 11.6 Å². The molecule has 1 amide bonds. The first-order valence-electron chi connectivity index (χ1n) is 8.15. The van der Waals surface area contributed by atoms with Gasteiger partial charge in [0.15, 0.2) is 5.69 Å². The van der Waals surface area contributed by atoms with Crippen molar-refractivity contribution in [3.8, 4) is 17.0 Å². The van der Waals surface area contributed by atoms with Gasteiger partial charge in [-0.2, -0.15) is 5.10 Å². The van der Waals surface area contributed by atoms with Crippen molar-refractivity contribution in [3.63, 3.8) is 0 Å². The van der Waals surface area contributed by atoms with E-state index in [1.165, 1.54) is 6.07 Å². The Morgan fingerprint density at radius 2 is 1.92 bits per heavy atom. The topological polar surface area (TPSA) is 56.1 Å². The van der Waals surface area contributed by atoms with E-state index in [0.29, 0.717) is 17.0 Å². The summed E-state index contributed by atoms with van der Waals surface area (Å²) in [6.07, 6.45) is 0. The summed E-state index contributed by atoms with van der Waals surface area (Å²) >= 11 is 0. The molecule has 134 valence electrons. The van der Waals surface area contributed by atoms with E-state index in [1.54, 1.807) is 50.0 Å². The minimum Gasteiger partial charge on any atom is -0.495 e. The Balaban J connectivity index is 1.90. The number of carbonyl (C=O) groups excluding carboxylic acids is 1. The molecule has 1 heterocycles. The zero-order chi connectivity index (χ0) is 18.8. The van der Waals surface area contributed by atoms with Crippen molar-refractivity contribution in [1.82, 2.24) is 9.78 Å². The van der Waals surface area contributed by atoms with Crippen LogP contribution in [-0.2, 0) is 7.05 Å². The highest BCUT2D eigenvalue weighted by Gasteiger charge is 2.16. The third-order valence-electron chi connectivity index (χ3n) is 4.17. The smallest absolute Gasteiger partial charge is 0.276 e. The highest BCUT2D eigenvalue weighted by molar-refractivity contribution is 6.04. The maximum atomic E-state index is 13.5. The fourth-order valence-corrected chi connectivity index (χ4v) is 2.76. The quantitative estimate of drug-likeness (QED) is 0.768.